The van der Waals surface area contributed by atoms with Crippen LogP contribution >= 0.6 is 11.8 Å². The number of carbonyl (C=O) groups excluding carboxylic acids is 3. The Labute approximate surface area is 189 Å². The predicted octanol–water partition coefficient (Wildman–Crippen LogP) is -1.05. The lowest BCUT2D eigenvalue weighted by Gasteiger charge is -2.20. The number of amides is 3. The van der Waals surface area contributed by atoms with Gasteiger partial charge in [-0.15, -0.1) is 0 Å². The number of hydrogen-bond acceptors (Lipinski definition) is 7. The summed E-state index contributed by atoms with van der Waals surface area (Å²) in [7, 11) is 0. The number of hydrogen-bond donors (Lipinski definition) is 6. The number of benzene rings is 1. The average molecular weight is 469 g/mol. The van der Waals surface area contributed by atoms with Crippen LogP contribution in [0.4, 0.5) is 0 Å². The molecule has 0 aliphatic carbocycles. The van der Waals surface area contributed by atoms with Crippen LogP contribution in [-0.4, -0.2) is 76.6 Å². The van der Waals surface area contributed by atoms with Crippen LogP contribution in [0.2, 0.25) is 0 Å². The van der Waals surface area contributed by atoms with Crippen LogP contribution in [0.3, 0.4) is 0 Å². The molecule has 11 nitrogen and oxygen atoms in total. The highest BCUT2D eigenvalue weighted by Gasteiger charge is 2.27. The third-order valence-electron chi connectivity index (χ3n) is 4.31. The molecule has 0 bridgehead atoms. The molecule has 1 aromatic carbocycles. The molecular formula is C20H28N4O7S. The minimum atomic E-state index is -1.46. The van der Waals surface area contributed by atoms with Crippen molar-refractivity contribution in [1.82, 2.24) is 16.0 Å². The van der Waals surface area contributed by atoms with Crippen molar-refractivity contribution in [3.63, 3.8) is 0 Å². The summed E-state index contributed by atoms with van der Waals surface area (Å²) >= 11 is 1.42. The third-order valence-corrected chi connectivity index (χ3v) is 4.96. The molecule has 0 heterocycles. The van der Waals surface area contributed by atoms with Crippen LogP contribution in [0, 0.1) is 0 Å². The van der Waals surface area contributed by atoms with E-state index in [1.807, 2.05) is 0 Å². The van der Waals surface area contributed by atoms with E-state index in [2.05, 4.69) is 16.0 Å². The topological polar surface area (TPSA) is 188 Å². The zero-order chi connectivity index (χ0) is 24.1. The molecule has 0 aromatic heterocycles. The summed E-state index contributed by atoms with van der Waals surface area (Å²) in [6, 6.07) is 5.33. The Bertz CT molecular complexity index is 806. The van der Waals surface area contributed by atoms with Crippen LogP contribution in [0.15, 0.2) is 30.3 Å². The van der Waals surface area contributed by atoms with Gasteiger partial charge < -0.3 is 31.9 Å². The molecule has 1 aromatic rings. The van der Waals surface area contributed by atoms with Crippen molar-refractivity contribution in [3.05, 3.63) is 35.9 Å². The average Bonchev–Trinajstić information content (AvgIpc) is 2.74. The van der Waals surface area contributed by atoms with E-state index >= 15 is 0 Å². The minimum Gasteiger partial charge on any atom is -0.481 e. The second kappa shape index (κ2) is 14.0. The van der Waals surface area contributed by atoms with Gasteiger partial charge in [-0.25, -0.2) is 4.79 Å². The Morgan fingerprint density at radius 3 is 2.22 bits per heavy atom. The normalized spacial score (nSPS) is 13.3. The summed E-state index contributed by atoms with van der Waals surface area (Å²) in [5, 5.41) is 25.0. The van der Waals surface area contributed by atoms with Crippen molar-refractivity contribution in [2.75, 3.05) is 18.6 Å². The van der Waals surface area contributed by atoms with Crippen LogP contribution in [0.5, 0.6) is 0 Å². The fraction of sp³-hybridized carbons (Fsp3) is 0.450. The van der Waals surface area contributed by atoms with E-state index in [4.69, 9.17) is 15.9 Å². The number of thioether (sulfide) groups is 1. The van der Waals surface area contributed by atoms with Crippen LogP contribution in [-0.2, 0) is 30.4 Å². The highest BCUT2D eigenvalue weighted by molar-refractivity contribution is 7.98. The van der Waals surface area contributed by atoms with Gasteiger partial charge in [-0.2, -0.15) is 11.8 Å². The maximum atomic E-state index is 12.4. The molecule has 3 amide bonds. The van der Waals surface area contributed by atoms with Crippen molar-refractivity contribution in [2.45, 2.75) is 37.4 Å². The first-order valence-corrected chi connectivity index (χ1v) is 11.1. The molecule has 0 aliphatic heterocycles. The largest absolute Gasteiger partial charge is 0.481 e. The fourth-order valence-corrected chi connectivity index (χ4v) is 3.12. The zero-order valence-corrected chi connectivity index (χ0v) is 18.4. The number of nitrogens with one attached hydrogen (secondary N) is 3. The van der Waals surface area contributed by atoms with E-state index in [1.165, 1.54) is 11.8 Å². The lowest BCUT2D eigenvalue weighted by atomic mass is 10.1. The smallest absolute Gasteiger partial charge is 0.326 e. The third kappa shape index (κ3) is 10.3. The second-order valence-electron chi connectivity index (χ2n) is 6.91. The van der Waals surface area contributed by atoms with E-state index < -0.39 is 60.8 Å². The molecule has 0 radical (unpaired) electrons. The van der Waals surface area contributed by atoms with E-state index in [-0.39, 0.29) is 12.8 Å². The summed E-state index contributed by atoms with van der Waals surface area (Å²) in [6.45, 7) is -0.579. The maximum Gasteiger partial charge on any atom is 0.326 e. The SMILES string of the molecule is CSCCC(NC(=O)CNC(=O)C(CC(=O)O)NC(=O)C(N)Cc1ccccc1)C(=O)O. The molecule has 7 N–H and O–H groups in total. The van der Waals surface area contributed by atoms with Gasteiger partial charge in [-0.1, -0.05) is 30.3 Å². The summed E-state index contributed by atoms with van der Waals surface area (Å²) in [6.07, 6.45) is 1.46. The lowest BCUT2D eigenvalue weighted by molar-refractivity contribution is -0.142. The Morgan fingerprint density at radius 2 is 1.66 bits per heavy atom. The van der Waals surface area contributed by atoms with Gasteiger partial charge in [0.2, 0.25) is 17.7 Å². The van der Waals surface area contributed by atoms with Gasteiger partial charge in [0.1, 0.15) is 12.1 Å². The number of aliphatic carboxylic acids is 2. The van der Waals surface area contributed by atoms with E-state index in [9.17, 15) is 24.0 Å². The fourth-order valence-electron chi connectivity index (χ4n) is 2.65. The Morgan fingerprint density at radius 1 is 1.00 bits per heavy atom. The van der Waals surface area contributed by atoms with Crippen molar-refractivity contribution in [3.8, 4) is 0 Å². The summed E-state index contributed by atoms with van der Waals surface area (Å²) in [5.74, 6) is -4.41. The predicted molar refractivity (Wildman–Crippen MR) is 118 cm³/mol. The molecule has 0 saturated carbocycles. The van der Waals surface area contributed by atoms with Gasteiger partial charge in [0.25, 0.3) is 0 Å². The molecule has 0 spiro atoms. The summed E-state index contributed by atoms with van der Waals surface area (Å²) in [5.41, 5.74) is 6.65. The first kappa shape index (κ1) is 26.9. The standard InChI is InChI=1S/C20H28N4O7S/c1-32-8-7-14(20(30)31)23-16(25)11-22-19(29)15(10-17(26)27)24-18(28)13(21)9-12-5-3-2-4-6-12/h2-6,13-15H,7-11,21H2,1H3,(H,22,29)(H,23,25)(H,24,28)(H,26,27)(H,30,31). The van der Waals surface area contributed by atoms with Crippen LogP contribution in [0.25, 0.3) is 0 Å². The quantitative estimate of drug-likeness (QED) is 0.198. The van der Waals surface area contributed by atoms with E-state index in [1.54, 1.807) is 36.6 Å². The summed E-state index contributed by atoms with van der Waals surface area (Å²) < 4.78 is 0. The van der Waals surface area contributed by atoms with Gasteiger partial charge >= 0.3 is 11.9 Å². The van der Waals surface area contributed by atoms with Gasteiger partial charge in [-0.3, -0.25) is 19.2 Å². The van der Waals surface area contributed by atoms with E-state index in [0.717, 1.165) is 5.56 Å². The molecule has 1 rings (SSSR count). The molecular weight excluding hydrogens is 440 g/mol. The maximum absolute atomic E-state index is 12.4. The number of nitrogens with two attached hydrogens (primary N) is 1. The van der Waals surface area contributed by atoms with Gasteiger partial charge in [0.05, 0.1) is 19.0 Å². The summed E-state index contributed by atoms with van der Waals surface area (Å²) in [4.78, 5) is 59.0. The van der Waals surface area contributed by atoms with Gasteiger partial charge in [0.15, 0.2) is 0 Å². The Balaban J connectivity index is 2.65. The highest BCUT2D eigenvalue weighted by Crippen LogP contribution is 2.03. The number of carboxylic acids is 2. The van der Waals surface area contributed by atoms with Crippen molar-refractivity contribution in [1.29, 1.82) is 0 Å². The Hall–Kier alpha value is -3.12. The van der Waals surface area contributed by atoms with Gasteiger partial charge in [-0.05, 0) is 30.4 Å². The van der Waals surface area contributed by atoms with Gasteiger partial charge in [0, 0.05) is 0 Å². The first-order chi connectivity index (χ1) is 15.1. The molecule has 0 saturated heterocycles. The molecule has 0 aliphatic rings. The molecule has 176 valence electrons. The highest BCUT2D eigenvalue weighted by atomic mass is 32.2. The lowest BCUT2D eigenvalue weighted by Crippen LogP contribution is -2.54. The molecule has 12 heteroatoms. The molecule has 0 fully saturated rings. The number of carboxylic acid groups (broad SMARTS) is 2. The molecule has 3 atom stereocenters. The minimum absolute atomic E-state index is 0.184. The first-order valence-electron chi connectivity index (χ1n) is 9.74. The van der Waals surface area contributed by atoms with Crippen molar-refractivity contribution < 1.29 is 34.2 Å². The van der Waals surface area contributed by atoms with Crippen molar-refractivity contribution >= 4 is 41.4 Å². The number of carbonyl (C=O) groups is 5. The van der Waals surface area contributed by atoms with Crippen LogP contribution < -0.4 is 21.7 Å². The monoisotopic (exact) mass is 468 g/mol. The molecule has 3 unspecified atom stereocenters. The number of rotatable bonds is 14. The molecule has 32 heavy (non-hydrogen) atoms. The van der Waals surface area contributed by atoms with Crippen LogP contribution in [0.1, 0.15) is 18.4 Å². The van der Waals surface area contributed by atoms with Crippen molar-refractivity contribution in [2.24, 2.45) is 5.73 Å². The zero-order valence-electron chi connectivity index (χ0n) is 17.6. The van der Waals surface area contributed by atoms with E-state index in [0.29, 0.717) is 5.75 Å². The Kier molecular flexibility index (Phi) is 11.8. The second-order valence-corrected chi connectivity index (χ2v) is 7.90.